The summed E-state index contributed by atoms with van der Waals surface area (Å²) in [6.07, 6.45) is -1.73. The first kappa shape index (κ1) is 23.6. The quantitative estimate of drug-likeness (QED) is 0.378. The van der Waals surface area contributed by atoms with Crippen molar-refractivity contribution in [3.8, 4) is 11.5 Å². The van der Waals surface area contributed by atoms with Gasteiger partial charge in [0.1, 0.15) is 29.5 Å². The first-order chi connectivity index (χ1) is 16.2. The molecular weight excluding hydrogens is 458 g/mol. The number of ether oxygens (including phenoxy) is 2. The molecule has 0 saturated carbocycles. The van der Waals surface area contributed by atoms with E-state index in [0.29, 0.717) is 49.4 Å². The highest BCUT2D eigenvalue weighted by atomic mass is 19.4. The summed E-state index contributed by atoms with van der Waals surface area (Å²) < 4.78 is 61.0. The number of anilines is 2. The molecule has 2 aliphatic heterocycles. The summed E-state index contributed by atoms with van der Waals surface area (Å²) >= 11 is 0. The maximum absolute atomic E-state index is 14.1. The van der Waals surface area contributed by atoms with Gasteiger partial charge in [-0.2, -0.15) is 4.99 Å². The zero-order valence-electron chi connectivity index (χ0n) is 18.0. The fourth-order valence-electron chi connectivity index (χ4n) is 4.20. The van der Waals surface area contributed by atoms with Crippen LogP contribution in [0.4, 0.5) is 28.9 Å². The number of piperidine rings is 1. The van der Waals surface area contributed by atoms with Crippen LogP contribution in [0.25, 0.3) is 0 Å². The van der Waals surface area contributed by atoms with Crippen molar-refractivity contribution < 1.29 is 36.6 Å². The van der Waals surface area contributed by atoms with E-state index in [2.05, 4.69) is 15.0 Å². The summed E-state index contributed by atoms with van der Waals surface area (Å²) in [6, 6.07) is 8.26. The van der Waals surface area contributed by atoms with E-state index in [9.17, 15) is 27.2 Å². The maximum atomic E-state index is 14.1. The van der Waals surface area contributed by atoms with E-state index in [1.54, 1.807) is 6.08 Å². The van der Waals surface area contributed by atoms with Gasteiger partial charge in [0.2, 0.25) is 12.0 Å². The summed E-state index contributed by atoms with van der Waals surface area (Å²) in [4.78, 5) is 28.7. The van der Waals surface area contributed by atoms with Gasteiger partial charge >= 0.3 is 6.36 Å². The molecule has 0 bridgehead atoms. The smallest absolute Gasteiger partial charge is 0.491 e. The van der Waals surface area contributed by atoms with Crippen LogP contribution in [0, 0.1) is 5.82 Å². The highest BCUT2D eigenvalue weighted by Crippen LogP contribution is 2.36. The molecular formula is C23H21F4N3O4. The molecule has 1 fully saturated rings. The predicted molar refractivity (Wildman–Crippen MR) is 114 cm³/mol. The van der Waals surface area contributed by atoms with Crippen LogP contribution in [0.2, 0.25) is 0 Å². The van der Waals surface area contributed by atoms with E-state index >= 15 is 0 Å². The Morgan fingerprint density at radius 3 is 2.44 bits per heavy atom. The predicted octanol–water partition coefficient (Wildman–Crippen LogP) is 4.36. The lowest BCUT2D eigenvalue weighted by Gasteiger charge is -2.39. The monoisotopic (exact) mass is 479 g/mol. The van der Waals surface area contributed by atoms with E-state index < -0.39 is 17.7 Å². The average molecular weight is 479 g/mol. The largest absolute Gasteiger partial charge is 0.573 e. The maximum Gasteiger partial charge on any atom is 0.573 e. The number of nitrogens with zero attached hydrogens (tertiary/aromatic N) is 2. The Morgan fingerprint density at radius 1 is 1.09 bits per heavy atom. The number of isocyanates is 1. The number of carbonyl (C=O) groups is 1. The second-order valence-corrected chi connectivity index (χ2v) is 8.19. The van der Waals surface area contributed by atoms with E-state index in [1.807, 2.05) is 4.90 Å². The van der Waals surface area contributed by atoms with Gasteiger partial charge in [-0.3, -0.25) is 4.79 Å². The SMILES string of the molecule is O=C=NC1(COc2ccc(F)c3c2CCC(=O)N3)CCN(c2ccc(OC(F)(F)F)cc2)CC1. The van der Waals surface area contributed by atoms with Gasteiger partial charge in [-0.05, 0) is 55.7 Å². The third-order valence-corrected chi connectivity index (χ3v) is 5.99. The number of rotatable bonds is 6. The van der Waals surface area contributed by atoms with Crippen LogP contribution in [-0.2, 0) is 16.0 Å². The van der Waals surface area contributed by atoms with Crippen molar-refractivity contribution in [1.29, 1.82) is 0 Å². The van der Waals surface area contributed by atoms with E-state index in [4.69, 9.17) is 4.74 Å². The standard InChI is InChI=1S/C23H21F4N3O4/c24-18-6-7-19(17-5-8-20(32)29-21(17)18)33-13-22(28-14-31)9-11-30(12-10-22)15-1-3-16(4-2-15)34-23(25,26)27/h1-4,6-7H,5,8-13H2,(H,29,32). The third kappa shape index (κ3) is 5.31. The van der Waals surface area contributed by atoms with Gasteiger partial charge in [-0.1, -0.05) is 0 Å². The van der Waals surface area contributed by atoms with Crippen molar-refractivity contribution in [3.63, 3.8) is 0 Å². The third-order valence-electron chi connectivity index (χ3n) is 5.99. The highest BCUT2D eigenvalue weighted by molar-refractivity contribution is 5.94. The second kappa shape index (κ2) is 9.34. The van der Waals surface area contributed by atoms with Crippen LogP contribution in [0.15, 0.2) is 41.4 Å². The Kier molecular flexibility index (Phi) is 6.47. The minimum absolute atomic E-state index is 0.0560. The van der Waals surface area contributed by atoms with Crippen molar-refractivity contribution >= 4 is 23.4 Å². The molecule has 0 aliphatic carbocycles. The molecule has 2 aliphatic rings. The molecule has 1 amide bonds. The molecule has 0 radical (unpaired) electrons. The molecule has 11 heteroatoms. The molecule has 2 heterocycles. The van der Waals surface area contributed by atoms with Crippen molar-refractivity contribution in [3.05, 3.63) is 47.8 Å². The molecule has 4 rings (SSSR count). The number of amides is 1. The molecule has 0 aromatic heterocycles. The summed E-state index contributed by atoms with van der Waals surface area (Å²) in [5.41, 5.74) is 0.525. The lowest BCUT2D eigenvalue weighted by molar-refractivity contribution is -0.274. The molecule has 1 N–H and O–H groups in total. The van der Waals surface area contributed by atoms with Gasteiger partial charge in [0.05, 0.1) is 5.69 Å². The van der Waals surface area contributed by atoms with Crippen molar-refractivity contribution in [2.75, 3.05) is 29.9 Å². The van der Waals surface area contributed by atoms with Crippen molar-refractivity contribution in [2.24, 2.45) is 4.99 Å². The molecule has 7 nitrogen and oxygen atoms in total. The minimum Gasteiger partial charge on any atom is -0.491 e. The van der Waals surface area contributed by atoms with E-state index in [1.165, 1.54) is 36.4 Å². The summed E-state index contributed by atoms with van der Waals surface area (Å²) in [5.74, 6) is -0.702. The van der Waals surface area contributed by atoms with Crippen LogP contribution in [0.3, 0.4) is 0 Å². The number of alkyl halides is 3. The molecule has 2 aromatic carbocycles. The fourth-order valence-corrected chi connectivity index (χ4v) is 4.20. The first-order valence-electron chi connectivity index (χ1n) is 10.6. The molecule has 0 unspecified atom stereocenters. The lowest BCUT2D eigenvalue weighted by atomic mass is 9.88. The molecule has 34 heavy (non-hydrogen) atoms. The molecule has 0 atom stereocenters. The Balaban J connectivity index is 1.43. The van der Waals surface area contributed by atoms with Crippen molar-refractivity contribution in [1.82, 2.24) is 0 Å². The van der Waals surface area contributed by atoms with Crippen molar-refractivity contribution in [2.45, 2.75) is 37.6 Å². The fraction of sp³-hybridized carbons (Fsp3) is 0.391. The first-order valence-corrected chi connectivity index (χ1v) is 10.6. The minimum atomic E-state index is -4.76. The summed E-state index contributed by atoms with van der Waals surface area (Å²) in [7, 11) is 0. The Bertz CT molecular complexity index is 1110. The van der Waals surface area contributed by atoms with E-state index in [0.717, 1.165) is 0 Å². The van der Waals surface area contributed by atoms with E-state index in [-0.39, 0.29) is 30.4 Å². The van der Waals surface area contributed by atoms with Crippen LogP contribution in [0.1, 0.15) is 24.8 Å². The van der Waals surface area contributed by atoms with Gasteiger partial charge in [0, 0.05) is 30.8 Å². The van der Waals surface area contributed by atoms with Crippen LogP contribution in [0.5, 0.6) is 11.5 Å². The lowest BCUT2D eigenvalue weighted by Crippen LogP contribution is -2.47. The van der Waals surface area contributed by atoms with Gasteiger partial charge in [0.25, 0.3) is 0 Å². The molecule has 180 valence electrons. The number of aliphatic imine (C=N–C) groups is 1. The Labute approximate surface area is 192 Å². The Morgan fingerprint density at radius 2 is 1.79 bits per heavy atom. The van der Waals surface area contributed by atoms with Gasteiger partial charge < -0.3 is 19.7 Å². The zero-order valence-corrected chi connectivity index (χ0v) is 18.0. The van der Waals surface area contributed by atoms with Gasteiger partial charge in [-0.15, -0.1) is 13.2 Å². The summed E-state index contributed by atoms with van der Waals surface area (Å²) in [6.45, 7) is 1.01. The number of halogens is 4. The highest BCUT2D eigenvalue weighted by Gasteiger charge is 2.37. The molecule has 0 spiro atoms. The summed E-state index contributed by atoms with van der Waals surface area (Å²) in [5, 5.41) is 2.52. The second-order valence-electron chi connectivity index (χ2n) is 8.19. The van der Waals surface area contributed by atoms with Crippen LogP contribution < -0.4 is 19.7 Å². The molecule has 2 aromatic rings. The topological polar surface area (TPSA) is 80.2 Å². The van der Waals surface area contributed by atoms with Crippen LogP contribution in [-0.4, -0.2) is 43.6 Å². The normalized spacial score (nSPS) is 17.3. The van der Waals surface area contributed by atoms with Gasteiger partial charge in [0.15, 0.2) is 0 Å². The number of nitrogens with one attached hydrogen (secondary N) is 1. The van der Waals surface area contributed by atoms with Gasteiger partial charge in [-0.25, -0.2) is 9.18 Å². The Hall–Kier alpha value is -3.59. The number of hydrogen-bond acceptors (Lipinski definition) is 6. The molecule has 1 saturated heterocycles. The number of hydrogen-bond donors (Lipinski definition) is 1. The average Bonchev–Trinajstić information content (AvgIpc) is 2.79. The number of fused-ring (bicyclic) bond motifs is 1. The zero-order chi connectivity index (χ0) is 24.3. The number of carbonyl (C=O) groups excluding carboxylic acids is 2. The van der Waals surface area contributed by atoms with Crippen LogP contribution >= 0.6 is 0 Å². The number of benzene rings is 2.